The minimum Gasteiger partial charge on any atom is -0.355 e. The highest BCUT2D eigenvalue weighted by Crippen LogP contribution is 2.06. The average molecular weight is 199 g/mol. The van der Waals surface area contributed by atoms with Crippen LogP contribution in [0, 0.1) is 0 Å². The van der Waals surface area contributed by atoms with Crippen LogP contribution in [0.5, 0.6) is 0 Å². The maximum Gasteiger partial charge on any atom is 0.319 e. The predicted octanol–water partition coefficient (Wildman–Crippen LogP) is -0.341. The molecule has 0 bridgehead atoms. The second-order valence-electron chi connectivity index (χ2n) is 1.73. The van der Waals surface area contributed by atoms with Crippen LogP contribution in [0.4, 0.5) is 0 Å². The second-order valence-corrected chi connectivity index (χ2v) is 5.20. The van der Waals surface area contributed by atoms with Crippen molar-refractivity contribution in [1.29, 1.82) is 0 Å². The molecule has 5 nitrogen and oxygen atoms in total. The quantitative estimate of drug-likeness (QED) is 0.367. The summed E-state index contributed by atoms with van der Waals surface area (Å²) in [5.74, 6) is -0.0702. The Morgan fingerprint density at radius 2 is 2.18 bits per heavy atom. The molecule has 11 heavy (non-hydrogen) atoms. The lowest BCUT2D eigenvalue weighted by atomic mass is 10.6. The fourth-order valence-corrected chi connectivity index (χ4v) is 1.65. The number of carbonyl (C=O) groups excluding carboxylic acids is 1. The van der Waals surface area contributed by atoms with E-state index >= 15 is 0 Å². The monoisotopic (exact) mass is 199 g/mol. The molecule has 0 aromatic heterocycles. The molecule has 0 fully saturated rings. The van der Waals surface area contributed by atoms with Gasteiger partial charge in [-0.2, -0.15) is 8.42 Å². The molecule has 66 valence electrons. The van der Waals surface area contributed by atoms with Crippen LogP contribution in [0.15, 0.2) is 0 Å². The molecule has 2 N–H and O–H groups in total. The topological polar surface area (TPSA) is 83.5 Å². The Kier molecular flexibility index (Phi) is 4.46. The number of rotatable bonds is 4. The molecule has 0 aliphatic rings. The van der Waals surface area contributed by atoms with Crippen molar-refractivity contribution in [3.05, 3.63) is 0 Å². The Bertz CT molecular complexity index is 222. The second kappa shape index (κ2) is 4.58. The van der Waals surface area contributed by atoms with Crippen molar-refractivity contribution in [2.24, 2.45) is 0 Å². The normalized spacial score (nSPS) is 11.1. The lowest BCUT2D eigenvalue weighted by Crippen LogP contribution is -2.22. The van der Waals surface area contributed by atoms with Crippen molar-refractivity contribution in [2.45, 2.75) is 6.92 Å². The highest BCUT2D eigenvalue weighted by Gasteiger charge is 2.03. The molecule has 0 aromatic carbocycles. The minimum absolute atomic E-state index is 0.151. The highest BCUT2D eigenvalue weighted by molar-refractivity contribution is 8.69. The zero-order valence-electron chi connectivity index (χ0n) is 5.90. The molecule has 0 aromatic rings. The van der Waals surface area contributed by atoms with Gasteiger partial charge in [0.15, 0.2) is 0 Å². The van der Waals surface area contributed by atoms with Gasteiger partial charge in [-0.1, -0.05) is 0 Å². The van der Waals surface area contributed by atoms with Gasteiger partial charge in [-0.15, -0.1) is 0 Å². The summed E-state index contributed by atoms with van der Waals surface area (Å²) in [4.78, 5) is 10.2. The fourth-order valence-electron chi connectivity index (χ4n) is 0.374. The first kappa shape index (κ1) is 10.7. The standard InChI is InChI=1S/C4H9NO4S2/c1-4(6)5-2-3-10-11(7,8)9/h2-3H2,1H3,(H,5,6)(H,7,8,9). The number of hydrogen-bond acceptors (Lipinski definition) is 4. The molecule has 0 aliphatic heterocycles. The van der Waals surface area contributed by atoms with Gasteiger partial charge in [-0.25, -0.2) is 0 Å². The van der Waals surface area contributed by atoms with E-state index in [1.807, 2.05) is 0 Å². The van der Waals surface area contributed by atoms with E-state index in [9.17, 15) is 13.2 Å². The molecule has 0 unspecified atom stereocenters. The Morgan fingerprint density at radius 1 is 1.64 bits per heavy atom. The number of amides is 1. The van der Waals surface area contributed by atoms with E-state index in [0.717, 1.165) is 0 Å². The van der Waals surface area contributed by atoms with Gasteiger partial charge >= 0.3 is 9.15 Å². The maximum absolute atomic E-state index is 10.2. The van der Waals surface area contributed by atoms with Crippen molar-refractivity contribution < 1.29 is 17.8 Å². The molecule has 0 heterocycles. The van der Waals surface area contributed by atoms with E-state index in [1.165, 1.54) is 6.92 Å². The van der Waals surface area contributed by atoms with Crippen molar-refractivity contribution in [1.82, 2.24) is 5.32 Å². The van der Waals surface area contributed by atoms with Crippen LogP contribution in [0.25, 0.3) is 0 Å². The molecule has 0 radical (unpaired) electrons. The molecule has 7 heteroatoms. The van der Waals surface area contributed by atoms with E-state index in [2.05, 4.69) is 5.32 Å². The minimum atomic E-state index is -3.96. The third kappa shape index (κ3) is 9.73. The summed E-state index contributed by atoms with van der Waals surface area (Å²) >= 11 is 0. The maximum atomic E-state index is 10.2. The van der Waals surface area contributed by atoms with Crippen LogP contribution >= 0.6 is 10.8 Å². The highest BCUT2D eigenvalue weighted by atomic mass is 33.1. The van der Waals surface area contributed by atoms with Crippen LogP contribution in [0.1, 0.15) is 6.92 Å². The van der Waals surface area contributed by atoms with Gasteiger partial charge in [-0.05, 0) is 10.8 Å². The summed E-state index contributed by atoms with van der Waals surface area (Å²) in [6.07, 6.45) is 0. The molecule has 0 atom stereocenters. The van der Waals surface area contributed by atoms with E-state index in [4.69, 9.17) is 4.55 Å². The van der Waals surface area contributed by atoms with Gasteiger partial charge in [-0.3, -0.25) is 9.35 Å². The summed E-state index contributed by atoms with van der Waals surface area (Å²) in [5.41, 5.74) is 0. The van der Waals surface area contributed by atoms with Crippen molar-refractivity contribution in [3.8, 4) is 0 Å². The Labute approximate surface area is 68.7 Å². The SMILES string of the molecule is CC(=O)NCCSS(=O)(=O)O. The molecule has 1 amide bonds. The van der Waals surface area contributed by atoms with Gasteiger partial charge in [0.25, 0.3) is 0 Å². The van der Waals surface area contributed by atoms with Gasteiger partial charge in [0.05, 0.1) is 0 Å². The van der Waals surface area contributed by atoms with Crippen LogP contribution in [-0.4, -0.2) is 31.2 Å². The summed E-state index contributed by atoms with van der Waals surface area (Å²) in [6, 6.07) is 0. The van der Waals surface area contributed by atoms with E-state index in [-0.39, 0.29) is 18.2 Å². The first-order valence-corrected chi connectivity index (χ1v) is 5.72. The number of hydrogen-bond donors (Lipinski definition) is 2. The van der Waals surface area contributed by atoms with E-state index in [0.29, 0.717) is 10.8 Å². The molecular formula is C4H9NO4S2. The largest absolute Gasteiger partial charge is 0.355 e. The van der Waals surface area contributed by atoms with Gasteiger partial charge in [0.2, 0.25) is 5.91 Å². The van der Waals surface area contributed by atoms with Crippen molar-refractivity contribution >= 4 is 25.9 Å². The lowest BCUT2D eigenvalue weighted by molar-refractivity contribution is -0.118. The first-order chi connectivity index (χ1) is 4.92. The molecule has 0 rings (SSSR count). The lowest BCUT2D eigenvalue weighted by Gasteiger charge is -1.98. The number of nitrogens with one attached hydrogen (secondary N) is 1. The van der Waals surface area contributed by atoms with Gasteiger partial charge < -0.3 is 5.32 Å². The van der Waals surface area contributed by atoms with Crippen molar-refractivity contribution in [3.63, 3.8) is 0 Å². The summed E-state index contributed by atoms with van der Waals surface area (Å²) in [5, 5.41) is 2.38. The zero-order chi connectivity index (χ0) is 8.91. The van der Waals surface area contributed by atoms with Gasteiger partial charge in [0, 0.05) is 19.2 Å². The Balaban J connectivity index is 3.37. The molecular weight excluding hydrogens is 190 g/mol. The zero-order valence-corrected chi connectivity index (χ0v) is 7.54. The Hall–Kier alpha value is -0.270. The predicted molar refractivity (Wildman–Crippen MR) is 42.7 cm³/mol. The molecule has 0 saturated heterocycles. The third-order valence-corrected chi connectivity index (χ3v) is 2.77. The molecule has 0 aliphatic carbocycles. The van der Waals surface area contributed by atoms with E-state index < -0.39 is 9.15 Å². The van der Waals surface area contributed by atoms with E-state index in [1.54, 1.807) is 0 Å². The third-order valence-electron chi connectivity index (χ3n) is 0.708. The summed E-state index contributed by atoms with van der Waals surface area (Å²) in [7, 11) is -3.57. The van der Waals surface area contributed by atoms with Crippen LogP contribution in [0.2, 0.25) is 0 Å². The summed E-state index contributed by atoms with van der Waals surface area (Å²) in [6.45, 7) is 1.57. The number of carbonyl (C=O) groups is 1. The molecule has 0 saturated carbocycles. The fraction of sp³-hybridized carbons (Fsp3) is 0.750. The first-order valence-electron chi connectivity index (χ1n) is 2.78. The van der Waals surface area contributed by atoms with Crippen molar-refractivity contribution in [2.75, 3.05) is 12.3 Å². The van der Waals surface area contributed by atoms with Crippen LogP contribution in [0.3, 0.4) is 0 Å². The Morgan fingerprint density at radius 3 is 2.55 bits per heavy atom. The molecule has 0 spiro atoms. The van der Waals surface area contributed by atoms with Crippen LogP contribution in [-0.2, 0) is 13.9 Å². The van der Waals surface area contributed by atoms with Gasteiger partial charge in [0.1, 0.15) is 0 Å². The summed E-state index contributed by atoms with van der Waals surface area (Å²) < 4.78 is 28.4. The van der Waals surface area contributed by atoms with Crippen LogP contribution < -0.4 is 5.32 Å². The smallest absolute Gasteiger partial charge is 0.319 e. The average Bonchev–Trinajstić information content (AvgIpc) is 1.78.